The predicted molar refractivity (Wildman–Crippen MR) is 64.4 cm³/mol. The van der Waals surface area contributed by atoms with Crippen LogP contribution in [0.4, 0.5) is 5.82 Å². The molecule has 1 aromatic heterocycles. The summed E-state index contributed by atoms with van der Waals surface area (Å²) < 4.78 is 0. The molecule has 5 nitrogen and oxygen atoms in total. The molecule has 2 N–H and O–H groups in total. The third-order valence-electron chi connectivity index (χ3n) is 3.03. The van der Waals surface area contributed by atoms with Crippen LogP contribution in [0.1, 0.15) is 36.0 Å². The number of aromatic carboxylic acids is 1. The van der Waals surface area contributed by atoms with Crippen molar-refractivity contribution in [1.29, 1.82) is 0 Å². The maximum absolute atomic E-state index is 11.0. The Hall–Kier alpha value is -1.36. The molecule has 0 bridgehead atoms. The van der Waals surface area contributed by atoms with Crippen LogP contribution in [0.2, 0.25) is 5.15 Å². The van der Waals surface area contributed by atoms with Crippen molar-refractivity contribution in [2.45, 2.75) is 25.7 Å². The molecule has 17 heavy (non-hydrogen) atoms. The highest BCUT2D eigenvalue weighted by molar-refractivity contribution is 6.29. The lowest BCUT2D eigenvalue weighted by Gasteiger charge is -2.12. The molecule has 92 valence electrons. The summed E-state index contributed by atoms with van der Waals surface area (Å²) in [5.74, 6) is -0.140. The summed E-state index contributed by atoms with van der Waals surface area (Å²) in [4.78, 5) is 11.0. The number of halogens is 1. The molecular weight excluding hydrogens is 242 g/mol. The average molecular weight is 256 g/mol. The van der Waals surface area contributed by atoms with Gasteiger partial charge >= 0.3 is 5.97 Å². The van der Waals surface area contributed by atoms with E-state index >= 15 is 0 Å². The van der Waals surface area contributed by atoms with Gasteiger partial charge in [0, 0.05) is 6.54 Å². The standard InChI is InChI=1S/C11H14ClN3O2/c12-9-5-8(11(16)17)10(15-14-9)13-6-7-3-1-2-4-7/h5,7H,1-4,6H2,(H,13,15)(H,16,17). The van der Waals surface area contributed by atoms with Crippen molar-refractivity contribution in [1.82, 2.24) is 10.2 Å². The lowest BCUT2D eigenvalue weighted by atomic mass is 10.1. The van der Waals surface area contributed by atoms with Gasteiger partial charge in [0.15, 0.2) is 11.0 Å². The summed E-state index contributed by atoms with van der Waals surface area (Å²) >= 11 is 5.62. The number of aromatic nitrogens is 2. The van der Waals surface area contributed by atoms with Crippen molar-refractivity contribution < 1.29 is 9.90 Å². The van der Waals surface area contributed by atoms with E-state index in [1.54, 1.807) is 0 Å². The second-order valence-corrected chi connectivity index (χ2v) is 4.65. The highest BCUT2D eigenvalue weighted by Gasteiger charge is 2.17. The molecule has 0 saturated heterocycles. The molecular formula is C11H14ClN3O2. The van der Waals surface area contributed by atoms with E-state index < -0.39 is 5.97 Å². The first kappa shape index (κ1) is 12.1. The first-order valence-electron chi connectivity index (χ1n) is 5.67. The first-order valence-corrected chi connectivity index (χ1v) is 6.05. The van der Waals surface area contributed by atoms with Crippen LogP contribution in [-0.4, -0.2) is 27.8 Å². The molecule has 0 spiro atoms. The van der Waals surface area contributed by atoms with Crippen molar-refractivity contribution in [2.75, 3.05) is 11.9 Å². The number of hydrogen-bond acceptors (Lipinski definition) is 4. The molecule has 1 fully saturated rings. The van der Waals surface area contributed by atoms with Crippen molar-refractivity contribution >= 4 is 23.4 Å². The maximum atomic E-state index is 11.0. The quantitative estimate of drug-likeness (QED) is 0.864. The van der Waals surface area contributed by atoms with Crippen molar-refractivity contribution in [3.63, 3.8) is 0 Å². The molecule has 1 saturated carbocycles. The van der Waals surface area contributed by atoms with Gasteiger partial charge in [-0.1, -0.05) is 24.4 Å². The number of nitrogens with one attached hydrogen (secondary N) is 1. The van der Waals surface area contributed by atoms with Gasteiger partial charge in [0.25, 0.3) is 0 Å². The van der Waals surface area contributed by atoms with Gasteiger partial charge < -0.3 is 10.4 Å². The lowest BCUT2D eigenvalue weighted by Crippen LogP contribution is -2.15. The van der Waals surface area contributed by atoms with Gasteiger partial charge in [-0.15, -0.1) is 10.2 Å². The van der Waals surface area contributed by atoms with Crippen molar-refractivity contribution in [2.24, 2.45) is 5.92 Å². The third-order valence-corrected chi connectivity index (χ3v) is 3.21. The van der Waals surface area contributed by atoms with Gasteiger partial charge in [-0.25, -0.2) is 4.79 Å². The molecule has 0 aliphatic heterocycles. The fraction of sp³-hybridized carbons (Fsp3) is 0.545. The smallest absolute Gasteiger partial charge is 0.339 e. The number of hydrogen-bond donors (Lipinski definition) is 2. The molecule has 2 rings (SSSR count). The zero-order valence-electron chi connectivity index (χ0n) is 9.32. The van der Waals surface area contributed by atoms with E-state index in [-0.39, 0.29) is 10.7 Å². The maximum Gasteiger partial charge on any atom is 0.339 e. The molecule has 0 aromatic carbocycles. The largest absolute Gasteiger partial charge is 0.478 e. The van der Waals surface area contributed by atoms with Gasteiger partial charge in [-0.2, -0.15) is 0 Å². The van der Waals surface area contributed by atoms with Gasteiger partial charge in [0.2, 0.25) is 0 Å². The Morgan fingerprint density at radius 2 is 2.18 bits per heavy atom. The number of carboxylic acid groups (broad SMARTS) is 1. The Morgan fingerprint density at radius 1 is 1.47 bits per heavy atom. The van der Waals surface area contributed by atoms with Gasteiger partial charge in [0.05, 0.1) is 0 Å². The van der Waals surface area contributed by atoms with Crippen LogP contribution in [0.15, 0.2) is 6.07 Å². The second kappa shape index (κ2) is 5.31. The fourth-order valence-corrected chi connectivity index (χ4v) is 2.26. The monoisotopic (exact) mass is 255 g/mol. The first-order chi connectivity index (χ1) is 8.16. The second-order valence-electron chi connectivity index (χ2n) is 4.27. The van der Waals surface area contributed by atoms with E-state index in [1.165, 1.54) is 31.7 Å². The number of carboxylic acids is 1. The fourth-order valence-electron chi connectivity index (χ4n) is 2.12. The number of carbonyl (C=O) groups is 1. The summed E-state index contributed by atoms with van der Waals surface area (Å²) in [6.07, 6.45) is 4.89. The molecule has 0 radical (unpaired) electrons. The SMILES string of the molecule is O=C(O)c1cc(Cl)nnc1NCC1CCCC1. The van der Waals surface area contributed by atoms with Gasteiger partial charge in [-0.05, 0) is 24.8 Å². The Morgan fingerprint density at radius 3 is 2.82 bits per heavy atom. The minimum Gasteiger partial charge on any atom is -0.478 e. The lowest BCUT2D eigenvalue weighted by molar-refractivity contribution is 0.0697. The molecule has 1 heterocycles. The third kappa shape index (κ3) is 3.06. The van der Waals surface area contributed by atoms with Crippen LogP contribution in [0.3, 0.4) is 0 Å². The van der Waals surface area contributed by atoms with E-state index in [1.807, 2.05) is 0 Å². The van der Waals surface area contributed by atoms with Crippen molar-refractivity contribution in [3.8, 4) is 0 Å². The molecule has 1 aromatic rings. The molecule has 0 atom stereocenters. The summed E-state index contributed by atoms with van der Waals surface area (Å²) in [5, 5.41) is 19.6. The summed E-state index contributed by atoms with van der Waals surface area (Å²) in [6.45, 7) is 0.747. The highest BCUT2D eigenvalue weighted by atomic mass is 35.5. The van der Waals surface area contributed by atoms with E-state index in [9.17, 15) is 4.79 Å². The molecule has 0 unspecified atom stereocenters. The van der Waals surface area contributed by atoms with Crippen LogP contribution in [0, 0.1) is 5.92 Å². The minimum absolute atomic E-state index is 0.0722. The van der Waals surface area contributed by atoms with E-state index in [2.05, 4.69) is 15.5 Å². The van der Waals surface area contributed by atoms with Gasteiger partial charge in [-0.3, -0.25) is 0 Å². The predicted octanol–water partition coefficient (Wildman–Crippen LogP) is 2.43. The zero-order valence-corrected chi connectivity index (χ0v) is 10.1. The molecule has 1 aliphatic rings. The van der Waals surface area contributed by atoms with E-state index in [0.29, 0.717) is 11.7 Å². The topological polar surface area (TPSA) is 75.1 Å². The molecule has 6 heteroatoms. The zero-order chi connectivity index (χ0) is 12.3. The number of rotatable bonds is 4. The Kier molecular flexibility index (Phi) is 3.78. The van der Waals surface area contributed by atoms with E-state index in [4.69, 9.17) is 16.7 Å². The van der Waals surface area contributed by atoms with Crippen molar-refractivity contribution in [3.05, 3.63) is 16.8 Å². The van der Waals surface area contributed by atoms with Crippen LogP contribution in [-0.2, 0) is 0 Å². The van der Waals surface area contributed by atoms with Gasteiger partial charge in [0.1, 0.15) is 5.56 Å². The molecule has 1 aliphatic carbocycles. The molecule has 0 amide bonds. The minimum atomic E-state index is -1.05. The van der Waals surface area contributed by atoms with Crippen LogP contribution >= 0.6 is 11.6 Å². The van der Waals surface area contributed by atoms with Crippen LogP contribution in [0.25, 0.3) is 0 Å². The Balaban J connectivity index is 2.06. The summed E-state index contributed by atoms with van der Waals surface area (Å²) in [5.41, 5.74) is 0.0722. The van der Waals surface area contributed by atoms with Crippen LogP contribution in [0.5, 0.6) is 0 Å². The van der Waals surface area contributed by atoms with E-state index in [0.717, 1.165) is 6.54 Å². The summed E-state index contributed by atoms with van der Waals surface area (Å²) in [6, 6.07) is 1.31. The normalized spacial score (nSPS) is 16.1. The number of anilines is 1. The van der Waals surface area contributed by atoms with Crippen LogP contribution < -0.4 is 5.32 Å². The average Bonchev–Trinajstić information content (AvgIpc) is 2.80. The highest BCUT2D eigenvalue weighted by Crippen LogP contribution is 2.25. The Bertz CT molecular complexity index is 419. The summed E-state index contributed by atoms with van der Waals surface area (Å²) in [7, 11) is 0. The number of nitrogens with zero attached hydrogens (tertiary/aromatic N) is 2. The Labute approximate surface area is 104 Å².